The van der Waals surface area contributed by atoms with Crippen LogP contribution in [0.2, 0.25) is 0 Å². The van der Waals surface area contributed by atoms with Crippen molar-refractivity contribution in [2.45, 2.75) is 26.3 Å². The number of nitrogens with zero attached hydrogens (tertiary/aromatic N) is 1. The van der Waals surface area contributed by atoms with Gasteiger partial charge in [0.1, 0.15) is 0 Å². The molecule has 0 atom stereocenters. The summed E-state index contributed by atoms with van der Waals surface area (Å²) in [5, 5.41) is 2.71. The maximum Gasteiger partial charge on any atom is 0.0494 e. The topological polar surface area (TPSA) is 4.93 Å². The summed E-state index contributed by atoms with van der Waals surface area (Å²) in [5.41, 5.74) is 11.3. The smallest absolute Gasteiger partial charge is 0.0494 e. The molecular weight excluding hydrogens is 350 g/mol. The Morgan fingerprint density at radius 2 is 1.52 bits per heavy atom. The zero-order valence-corrected chi connectivity index (χ0v) is 16.7. The van der Waals surface area contributed by atoms with E-state index >= 15 is 0 Å². The van der Waals surface area contributed by atoms with E-state index in [0.29, 0.717) is 0 Å². The fourth-order valence-electron chi connectivity index (χ4n) is 5.15. The highest BCUT2D eigenvalue weighted by Crippen LogP contribution is 2.39. The van der Waals surface area contributed by atoms with E-state index in [0.717, 1.165) is 19.4 Å². The van der Waals surface area contributed by atoms with Crippen LogP contribution in [0, 0.1) is 0 Å². The molecule has 0 saturated heterocycles. The summed E-state index contributed by atoms with van der Waals surface area (Å²) >= 11 is 0. The normalized spacial score (nSPS) is 12.4. The lowest BCUT2D eigenvalue weighted by Crippen LogP contribution is -1.96. The molecule has 0 bridgehead atoms. The molecule has 0 spiro atoms. The Kier molecular flexibility index (Phi) is 3.64. The van der Waals surface area contributed by atoms with Crippen molar-refractivity contribution >= 4 is 21.8 Å². The van der Waals surface area contributed by atoms with Crippen LogP contribution in [0.25, 0.3) is 32.9 Å². The van der Waals surface area contributed by atoms with Gasteiger partial charge in [0, 0.05) is 28.4 Å². The van der Waals surface area contributed by atoms with Crippen LogP contribution >= 0.6 is 0 Å². The van der Waals surface area contributed by atoms with Crippen LogP contribution in [0.1, 0.15) is 29.2 Å². The van der Waals surface area contributed by atoms with Crippen molar-refractivity contribution in [1.82, 2.24) is 4.57 Å². The summed E-state index contributed by atoms with van der Waals surface area (Å²) in [6.07, 6.45) is 2.04. The van der Waals surface area contributed by atoms with Crippen LogP contribution in [-0.4, -0.2) is 4.57 Å². The number of benzene rings is 4. The molecule has 0 saturated carbocycles. The second-order valence-corrected chi connectivity index (χ2v) is 8.07. The highest BCUT2D eigenvalue weighted by molar-refractivity contribution is 6.08. The molecule has 140 valence electrons. The Morgan fingerprint density at radius 1 is 0.724 bits per heavy atom. The van der Waals surface area contributed by atoms with E-state index in [-0.39, 0.29) is 0 Å². The highest BCUT2D eigenvalue weighted by atomic mass is 15.0. The number of hydrogen-bond donors (Lipinski definition) is 0. The van der Waals surface area contributed by atoms with Gasteiger partial charge in [0.15, 0.2) is 0 Å². The van der Waals surface area contributed by atoms with E-state index in [1.165, 1.54) is 55.2 Å². The molecule has 0 N–H and O–H groups in total. The van der Waals surface area contributed by atoms with Crippen LogP contribution in [0.4, 0.5) is 0 Å². The van der Waals surface area contributed by atoms with Crippen LogP contribution in [0.15, 0.2) is 84.9 Å². The number of fused-ring (bicyclic) bond motifs is 6. The third-order valence-corrected chi connectivity index (χ3v) is 6.50. The predicted octanol–water partition coefficient (Wildman–Crippen LogP) is 6.98. The highest BCUT2D eigenvalue weighted by Gasteiger charge is 2.20. The molecule has 4 aromatic carbocycles. The minimum atomic E-state index is 0.984. The molecule has 1 aliphatic carbocycles. The van der Waals surface area contributed by atoms with Gasteiger partial charge >= 0.3 is 0 Å². The summed E-state index contributed by atoms with van der Waals surface area (Å²) in [4.78, 5) is 0. The fourth-order valence-corrected chi connectivity index (χ4v) is 5.15. The van der Waals surface area contributed by atoms with Crippen molar-refractivity contribution in [1.29, 1.82) is 0 Å². The summed E-state index contributed by atoms with van der Waals surface area (Å²) in [7, 11) is 0. The quantitative estimate of drug-likeness (QED) is 0.315. The first-order valence-electron chi connectivity index (χ1n) is 10.5. The van der Waals surface area contributed by atoms with Crippen molar-refractivity contribution in [3.05, 3.63) is 107 Å². The molecule has 6 rings (SSSR count). The van der Waals surface area contributed by atoms with Gasteiger partial charge in [-0.25, -0.2) is 0 Å². The second kappa shape index (κ2) is 6.35. The molecule has 5 aromatic rings. The molecule has 0 amide bonds. The summed E-state index contributed by atoms with van der Waals surface area (Å²) < 4.78 is 2.44. The van der Waals surface area contributed by atoms with Crippen molar-refractivity contribution in [2.24, 2.45) is 0 Å². The third-order valence-electron chi connectivity index (χ3n) is 6.50. The summed E-state index contributed by atoms with van der Waals surface area (Å²) in [5.74, 6) is 0. The van der Waals surface area contributed by atoms with Crippen molar-refractivity contribution in [3.8, 4) is 11.1 Å². The first-order chi connectivity index (χ1) is 14.3. The third kappa shape index (κ3) is 2.47. The molecule has 0 radical (unpaired) electrons. The van der Waals surface area contributed by atoms with Gasteiger partial charge in [-0.15, -0.1) is 0 Å². The minimum Gasteiger partial charge on any atom is -0.341 e. The Labute approximate surface area is 171 Å². The SMILES string of the molecule is CCn1c2ccccc2c2ccc(Cc3cccc4c3Cc3ccccc3-4)cc21. The van der Waals surface area contributed by atoms with Crippen LogP contribution < -0.4 is 0 Å². The molecule has 1 nitrogen and oxygen atoms in total. The van der Waals surface area contributed by atoms with Crippen LogP contribution in [0.5, 0.6) is 0 Å². The standard InChI is InChI=1S/C28H23N/c1-2-29-27-13-6-5-11-24(27)25-15-14-19(17-28(25)29)16-20-9-7-12-23-22-10-4-3-8-21(22)18-26(20)23/h3-15,17H,2,16,18H2,1H3. The minimum absolute atomic E-state index is 0.984. The predicted molar refractivity (Wildman–Crippen MR) is 123 cm³/mol. The van der Waals surface area contributed by atoms with Crippen molar-refractivity contribution in [3.63, 3.8) is 0 Å². The lowest BCUT2D eigenvalue weighted by molar-refractivity contribution is 0.826. The van der Waals surface area contributed by atoms with E-state index in [9.17, 15) is 0 Å². The van der Waals surface area contributed by atoms with Crippen LogP contribution in [0.3, 0.4) is 0 Å². The average molecular weight is 373 g/mol. The summed E-state index contributed by atoms with van der Waals surface area (Å²) in [6, 6.07) is 31.4. The molecule has 1 aromatic heterocycles. The van der Waals surface area contributed by atoms with Gasteiger partial charge in [-0.3, -0.25) is 0 Å². The lowest BCUT2D eigenvalue weighted by Gasteiger charge is -2.10. The Balaban J connectivity index is 1.46. The molecule has 0 unspecified atom stereocenters. The van der Waals surface area contributed by atoms with Crippen molar-refractivity contribution < 1.29 is 0 Å². The van der Waals surface area contributed by atoms with Crippen molar-refractivity contribution in [2.75, 3.05) is 0 Å². The van der Waals surface area contributed by atoms with Gasteiger partial charge in [-0.1, -0.05) is 72.8 Å². The number of aryl methyl sites for hydroxylation is 1. The fraction of sp³-hybridized carbons (Fsp3) is 0.143. The maximum absolute atomic E-state index is 2.44. The van der Waals surface area contributed by atoms with E-state index < -0.39 is 0 Å². The number of aromatic nitrogens is 1. The zero-order valence-electron chi connectivity index (χ0n) is 16.7. The van der Waals surface area contributed by atoms with Gasteiger partial charge in [-0.05, 0) is 65.3 Å². The van der Waals surface area contributed by atoms with Gasteiger partial charge in [-0.2, -0.15) is 0 Å². The molecule has 0 fully saturated rings. The Hall–Kier alpha value is -3.32. The van der Waals surface area contributed by atoms with Gasteiger partial charge < -0.3 is 4.57 Å². The maximum atomic E-state index is 2.44. The molecular formula is C28H23N. The van der Waals surface area contributed by atoms with Crippen LogP contribution in [-0.2, 0) is 19.4 Å². The Bertz CT molecular complexity index is 1390. The molecule has 1 aliphatic rings. The summed E-state index contributed by atoms with van der Waals surface area (Å²) in [6.45, 7) is 3.23. The number of rotatable bonds is 3. The Morgan fingerprint density at radius 3 is 2.45 bits per heavy atom. The first kappa shape index (κ1) is 16.6. The van der Waals surface area contributed by atoms with E-state index in [1.807, 2.05) is 0 Å². The van der Waals surface area contributed by atoms with Gasteiger partial charge in [0.2, 0.25) is 0 Å². The molecule has 1 heterocycles. The zero-order chi connectivity index (χ0) is 19.4. The average Bonchev–Trinajstić information content (AvgIpc) is 3.30. The number of para-hydroxylation sites is 1. The van der Waals surface area contributed by atoms with Gasteiger partial charge in [0.25, 0.3) is 0 Å². The van der Waals surface area contributed by atoms with E-state index in [1.54, 1.807) is 0 Å². The molecule has 1 heteroatoms. The first-order valence-corrected chi connectivity index (χ1v) is 10.5. The number of hydrogen-bond acceptors (Lipinski definition) is 0. The largest absolute Gasteiger partial charge is 0.341 e. The lowest BCUT2D eigenvalue weighted by atomic mass is 9.95. The molecule has 29 heavy (non-hydrogen) atoms. The van der Waals surface area contributed by atoms with E-state index in [2.05, 4.69) is 96.4 Å². The van der Waals surface area contributed by atoms with Gasteiger partial charge in [0.05, 0.1) is 0 Å². The second-order valence-electron chi connectivity index (χ2n) is 8.07. The monoisotopic (exact) mass is 373 g/mol. The van der Waals surface area contributed by atoms with E-state index in [4.69, 9.17) is 0 Å². The molecule has 0 aliphatic heterocycles.